The van der Waals surface area contributed by atoms with E-state index in [-0.39, 0.29) is 5.56 Å². The van der Waals surface area contributed by atoms with Gasteiger partial charge in [-0.3, -0.25) is 9.78 Å². The summed E-state index contributed by atoms with van der Waals surface area (Å²) >= 11 is 0. The molecule has 98 valence electrons. The quantitative estimate of drug-likeness (QED) is 0.644. The molecule has 0 amide bonds. The van der Waals surface area contributed by atoms with E-state index in [0.29, 0.717) is 11.6 Å². The molecule has 1 aromatic carbocycles. The second-order valence-corrected chi connectivity index (χ2v) is 3.88. The van der Waals surface area contributed by atoms with Gasteiger partial charge >= 0.3 is 0 Å². The SMILES string of the molecule is COc1ccc(C=NNc2nc(C)cc(=O)[nH]2)cc1. The topological polar surface area (TPSA) is 79.4 Å². The monoisotopic (exact) mass is 258 g/mol. The smallest absolute Gasteiger partial charge is 0.252 e. The molecule has 0 unspecified atom stereocenters. The van der Waals surface area contributed by atoms with Crippen LogP contribution in [0.1, 0.15) is 11.3 Å². The molecule has 1 heterocycles. The van der Waals surface area contributed by atoms with E-state index in [0.717, 1.165) is 11.3 Å². The van der Waals surface area contributed by atoms with Gasteiger partial charge in [0.2, 0.25) is 5.95 Å². The number of ether oxygens (including phenoxy) is 1. The van der Waals surface area contributed by atoms with E-state index in [1.165, 1.54) is 6.07 Å². The molecule has 0 radical (unpaired) electrons. The van der Waals surface area contributed by atoms with Gasteiger partial charge in [-0.25, -0.2) is 10.4 Å². The van der Waals surface area contributed by atoms with Gasteiger partial charge in [-0.1, -0.05) is 0 Å². The van der Waals surface area contributed by atoms with E-state index < -0.39 is 0 Å². The van der Waals surface area contributed by atoms with Gasteiger partial charge in [0.05, 0.1) is 13.3 Å². The van der Waals surface area contributed by atoms with Crippen molar-refractivity contribution >= 4 is 12.2 Å². The number of aromatic nitrogens is 2. The van der Waals surface area contributed by atoms with Gasteiger partial charge in [-0.2, -0.15) is 5.10 Å². The molecule has 0 spiro atoms. The Morgan fingerprint density at radius 1 is 1.37 bits per heavy atom. The molecule has 2 rings (SSSR count). The minimum Gasteiger partial charge on any atom is -0.497 e. The summed E-state index contributed by atoms with van der Waals surface area (Å²) in [5.74, 6) is 1.10. The lowest BCUT2D eigenvalue weighted by atomic mass is 10.2. The van der Waals surface area contributed by atoms with Gasteiger partial charge < -0.3 is 4.74 Å². The van der Waals surface area contributed by atoms with Gasteiger partial charge in [0.15, 0.2) is 0 Å². The van der Waals surface area contributed by atoms with Crippen LogP contribution in [0.3, 0.4) is 0 Å². The fourth-order valence-electron chi connectivity index (χ4n) is 1.49. The van der Waals surface area contributed by atoms with E-state index in [2.05, 4.69) is 20.5 Å². The number of aryl methyl sites for hydroxylation is 1. The Balaban J connectivity index is 2.04. The molecule has 0 saturated heterocycles. The number of nitrogens with one attached hydrogen (secondary N) is 2. The standard InChI is InChI=1S/C13H14N4O2/c1-9-7-12(18)16-13(15-9)17-14-8-10-3-5-11(19-2)6-4-10/h3-8H,1-2H3,(H2,15,16,17,18). The molecule has 0 bridgehead atoms. The third kappa shape index (κ3) is 3.67. The van der Waals surface area contributed by atoms with Crippen molar-refractivity contribution in [3.8, 4) is 5.75 Å². The Labute approximate surface area is 110 Å². The minimum atomic E-state index is -0.213. The van der Waals surface area contributed by atoms with Crippen molar-refractivity contribution in [2.24, 2.45) is 5.10 Å². The van der Waals surface area contributed by atoms with Crippen molar-refractivity contribution in [2.45, 2.75) is 6.92 Å². The van der Waals surface area contributed by atoms with Crippen LogP contribution < -0.4 is 15.7 Å². The Kier molecular flexibility index (Phi) is 3.92. The van der Waals surface area contributed by atoms with Crippen LogP contribution in [0.25, 0.3) is 0 Å². The summed E-state index contributed by atoms with van der Waals surface area (Å²) in [5.41, 5.74) is 4.00. The predicted molar refractivity (Wildman–Crippen MR) is 73.8 cm³/mol. The van der Waals surface area contributed by atoms with Gasteiger partial charge in [0.1, 0.15) is 5.75 Å². The van der Waals surface area contributed by atoms with E-state index in [9.17, 15) is 4.79 Å². The summed E-state index contributed by atoms with van der Waals surface area (Å²) in [7, 11) is 1.62. The number of rotatable bonds is 4. The summed E-state index contributed by atoms with van der Waals surface area (Å²) in [6, 6.07) is 8.84. The second-order valence-electron chi connectivity index (χ2n) is 3.88. The third-order valence-electron chi connectivity index (χ3n) is 2.37. The molecule has 0 aliphatic rings. The van der Waals surface area contributed by atoms with Crippen molar-refractivity contribution in [3.05, 3.63) is 51.9 Å². The van der Waals surface area contributed by atoms with Crippen molar-refractivity contribution in [2.75, 3.05) is 12.5 Å². The van der Waals surface area contributed by atoms with Crippen LogP contribution in [0.4, 0.5) is 5.95 Å². The first-order chi connectivity index (χ1) is 9.17. The van der Waals surface area contributed by atoms with E-state index in [1.807, 2.05) is 24.3 Å². The normalized spacial score (nSPS) is 10.6. The molecule has 19 heavy (non-hydrogen) atoms. The van der Waals surface area contributed by atoms with Gasteiger partial charge in [0, 0.05) is 11.8 Å². The number of hydrogen-bond acceptors (Lipinski definition) is 5. The lowest BCUT2D eigenvalue weighted by Gasteiger charge is -2.00. The highest BCUT2D eigenvalue weighted by molar-refractivity contribution is 5.80. The molecule has 0 aliphatic heterocycles. The fraction of sp³-hybridized carbons (Fsp3) is 0.154. The Hall–Kier alpha value is -2.63. The number of H-pyrrole nitrogens is 1. The first-order valence-corrected chi connectivity index (χ1v) is 5.68. The van der Waals surface area contributed by atoms with Crippen molar-refractivity contribution in [3.63, 3.8) is 0 Å². The van der Waals surface area contributed by atoms with Crippen LogP contribution in [0, 0.1) is 6.92 Å². The average Bonchev–Trinajstić information content (AvgIpc) is 2.38. The lowest BCUT2D eigenvalue weighted by molar-refractivity contribution is 0.415. The van der Waals surface area contributed by atoms with Crippen LogP contribution in [0.2, 0.25) is 0 Å². The highest BCUT2D eigenvalue weighted by Gasteiger charge is 1.95. The van der Waals surface area contributed by atoms with E-state index in [1.54, 1.807) is 20.2 Å². The fourth-order valence-corrected chi connectivity index (χ4v) is 1.49. The number of nitrogens with zero attached hydrogens (tertiary/aromatic N) is 2. The number of hydrazone groups is 1. The highest BCUT2D eigenvalue weighted by Crippen LogP contribution is 2.09. The molecule has 2 N–H and O–H groups in total. The van der Waals surface area contributed by atoms with Crippen LogP contribution in [-0.4, -0.2) is 23.3 Å². The van der Waals surface area contributed by atoms with Crippen molar-refractivity contribution < 1.29 is 4.74 Å². The molecule has 2 aromatic rings. The van der Waals surface area contributed by atoms with Gasteiger partial charge in [0.25, 0.3) is 5.56 Å². The zero-order valence-electron chi connectivity index (χ0n) is 10.7. The minimum absolute atomic E-state index is 0.213. The highest BCUT2D eigenvalue weighted by atomic mass is 16.5. The van der Waals surface area contributed by atoms with Crippen LogP contribution in [0.5, 0.6) is 5.75 Å². The molecular formula is C13H14N4O2. The summed E-state index contributed by atoms with van der Waals surface area (Å²) in [5, 5.41) is 4.00. The van der Waals surface area contributed by atoms with Crippen molar-refractivity contribution in [1.82, 2.24) is 9.97 Å². The summed E-state index contributed by atoms with van der Waals surface area (Å²) in [6.07, 6.45) is 1.63. The number of methoxy groups -OCH3 is 1. The number of hydrogen-bond donors (Lipinski definition) is 2. The Bertz CT molecular complexity index is 632. The zero-order valence-corrected chi connectivity index (χ0v) is 10.7. The number of benzene rings is 1. The maximum absolute atomic E-state index is 11.2. The van der Waals surface area contributed by atoms with Crippen LogP contribution >= 0.6 is 0 Å². The first-order valence-electron chi connectivity index (χ1n) is 5.68. The number of anilines is 1. The van der Waals surface area contributed by atoms with Crippen molar-refractivity contribution in [1.29, 1.82) is 0 Å². The zero-order chi connectivity index (χ0) is 13.7. The second kappa shape index (κ2) is 5.81. The maximum Gasteiger partial charge on any atom is 0.252 e. The summed E-state index contributed by atoms with van der Waals surface area (Å²) in [4.78, 5) is 17.8. The van der Waals surface area contributed by atoms with Gasteiger partial charge in [-0.05, 0) is 36.8 Å². The lowest BCUT2D eigenvalue weighted by Crippen LogP contribution is -2.10. The molecule has 0 fully saturated rings. The van der Waals surface area contributed by atoms with E-state index in [4.69, 9.17) is 4.74 Å². The first kappa shape index (κ1) is 12.8. The third-order valence-corrected chi connectivity index (χ3v) is 2.37. The Morgan fingerprint density at radius 2 is 2.11 bits per heavy atom. The molecule has 6 heteroatoms. The van der Waals surface area contributed by atoms with Gasteiger partial charge in [-0.15, -0.1) is 0 Å². The summed E-state index contributed by atoms with van der Waals surface area (Å²) < 4.78 is 5.06. The number of aromatic amines is 1. The molecular weight excluding hydrogens is 244 g/mol. The molecule has 1 aromatic heterocycles. The Morgan fingerprint density at radius 3 is 2.74 bits per heavy atom. The molecule has 6 nitrogen and oxygen atoms in total. The molecule has 0 atom stereocenters. The summed E-state index contributed by atoms with van der Waals surface area (Å²) in [6.45, 7) is 1.74. The van der Waals surface area contributed by atoms with Crippen LogP contribution in [-0.2, 0) is 0 Å². The largest absolute Gasteiger partial charge is 0.497 e. The maximum atomic E-state index is 11.2. The van der Waals surface area contributed by atoms with E-state index >= 15 is 0 Å². The molecule has 0 saturated carbocycles. The average molecular weight is 258 g/mol. The molecule has 0 aliphatic carbocycles. The predicted octanol–water partition coefficient (Wildman–Crippen LogP) is 1.53. The van der Waals surface area contributed by atoms with Crippen LogP contribution in [0.15, 0.2) is 40.2 Å².